The lowest BCUT2D eigenvalue weighted by Gasteiger charge is -2.31. The summed E-state index contributed by atoms with van der Waals surface area (Å²) in [4.78, 5) is 9.95. The molecule has 1 aromatic rings. The van der Waals surface area contributed by atoms with E-state index in [0.29, 0.717) is 12.0 Å². The lowest BCUT2D eigenvalue weighted by molar-refractivity contribution is 0.478. The molecule has 0 unspecified atom stereocenters. The van der Waals surface area contributed by atoms with E-state index in [0.717, 1.165) is 19.6 Å². The molecule has 1 fully saturated rings. The standard InChI is InChI=1S/C9H13FN4.C2H6/c1-7-6-14(3-2-11-7)9-12-4-8(10)5-13-9;1-2/h4-5,7,11H,2-3,6H2,1H3;1-2H3/t7-;/m1./s1. The molecule has 1 aliphatic heterocycles. The molecule has 2 heterocycles. The summed E-state index contributed by atoms with van der Waals surface area (Å²) in [6.07, 6.45) is 2.41. The first-order valence-electron chi connectivity index (χ1n) is 5.71. The Labute approximate surface area is 95.9 Å². The van der Waals surface area contributed by atoms with Gasteiger partial charge in [0.25, 0.3) is 0 Å². The molecule has 5 heteroatoms. The maximum atomic E-state index is 12.6. The van der Waals surface area contributed by atoms with Gasteiger partial charge in [-0.3, -0.25) is 0 Å². The van der Waals surface area contributed by atoms with E-state index in [4.69, 9.17) is 0 Å². The van der Waals surface area contributed by atoms with Gasteiger partial charge in [-0.15, -0.1) is 0 Å². The van der Waals surface area contributed by atoms with Gasteiger partial charge in [-0.05, 0) is 6.92 Å². The maximum Gasteiger partial charge on any atom is 0.225 e. The molecule has 2 rings (SSSR count). The number of nitrogens with zero attached hydrogens (tertiary/aromatic N) is 3. The van der Waals surface area contributed by atoms with Gasteiger partial charge in [0.2, 0.25) is 5.95 Å². The minimum atomic E-state index is -0.392. The number of nitrogens with one attached hydrogen (secondary N) is 1. The van der Waals surface area contributed by atoms with E-state index >= 15 is 0 Å². The molecule has 0 spiro atoms. The van der Waals surface area contributed by atoms with Crippen LogP contribution in [0.2, 0.25) is 0 Å². The first-order valence-corrected chi connectivity index (χ1v) is 5.71. The van der Waals surface area contributed by atoms with Crippen molar-refractivity contribution in [2.45, 2.75) is 26.8 Å². The fourth-order valence-corrected chi connectivity index (χ4v) is 1.58. The highest BCUT2D eigenvalue weighted by molar-refractivity contribution is 5.29. The molecule has 1 saturated heterocycles. The zero-order valence-corrected chi connectivity index (χ0v) is 10.1. The van der Waals surface area contributed by atoms with Crippen LogP contribution in [-0.4, -0.2) is 35.6 Å². The molecule has 0 aromatic carbocycles. The lowest BCUT2D eigenvalue weighted by atomic mass is 10.2. The number of aromatic nitrogens is 2. The average molecular weight is 226 g/mol. The second-order valence-electron chi connectivity index (χ2n) is 3.50. The second-order valence-corrected chi connectivity index (χ2v) is 3.50. The topological polar surface area (TPSA) is 41.1 Å². The number of anilines is 1. The van der Waals surface area contributed by atoms with Gasteiger partial charge in [0, 0.05) is 25.7 Å². The molecule has 0 aliphatic carbocycles. The summed E-state index contributed by atoms with van der Waals surface area (Å²) in [6.45, 7) is 8.76. The zero-order valence-electron chi connectivity index (χ0n) is 10.1. The third kappa shape index (κ3) is 3.41. The quantitative estimate of drug-likeness (QED) is 0.786. The maximum absolute atomic E-state index is 12.6. The molecule has 1 atom stereocenters. The van der Waals surface area contributed by atoms with Crippen molar-refractivity contribution >= 4 is 5.95 Å². The van der Waals surface area contributed by atoms with Crippen LogP contribution in [-0.2, 0) is 0 Å². The SMILES string of the molecule is CC.C[C@@H]1CN(c2ncc(F)cn2)CCN1. The van der Waals surface area contributed by atoms with Gasteiger partial charge in [-0.2, -0.15) is 0 Å². The highest BCUT2D eigenvalue weighted by Gasteiger charge is 2.17. The van der Waals surface area contributed by atoms with Gasteiger partial charge in [0.1, 0.15) is 0 Å². The summed E-state index contributed by atoms with van der Waals surface area (Å²) in [5.74, 6) is 0.219. The van der Waals surface area contributed by atoms with Gasteiger partial charge in [-0.1, -0.05) is 13.8 Å². The fraction of sp³-hybridized carbons (Fsp3) is 0.636. The normalized spacial score (nSPS) is 20.0. The summed E-state index contributed by atoms with van der Waals surface area (Å²) in [6, 6.07) is 0.428. The van der Waals surface area contributed by atoms with Crippen molar-refractivity contribution in [3.8, 4) is 0 Å². The number of hydrogen-bond acceptors (Lipinski definition) is 4. The lowest BCUT2D eigenvalue weighted by Crippen LogP contribution is -2.49. The zero-order chi connectivity index (χ0) is 12.0. The summed E-state index contributed by atoms with van der Waals surface area (Å²) >= 11 is 0. The predicted octanol–water partition coefficient (Wildman–Crippen LogP) is 1.44. The van der Waals surface area contributed by atoms with Crippen molar-refractivity contribution in [2.24, 2.45) is 0 Å². The van der Waals surface area contributed by atoms with Crippen LogP contribution < -0.4 is 10.2 Å². The Balaban J connectivity index is 0.000000606. The van der Waals surface area contributed by atoms with Crippen LogP contribution in [0.5, 0.6) is 0 Å². The van der Waals surface area contributed by atoms with E-state index in [1.165, 1.54) is 12.4 Å². The molecule has 1 aromatic heterocycles. The van der Waals surface area contributed by atoms with E-state index in [1.54, 1.807) is 0 Å². The first-order chi connectivity index (χ1) is 7.75. The van der Waals surface area contributed by atoms with E-state index < -0.39 is 5.82 Å². The van der Waals surface area contributed by atoms with E-state index in [1.807, 2.05) is 13.8 Å². The minimum Gasteiger partial charge on any atom is -0.338 e. The number of halogens is 1. The van der Waals surface area contributed by atoms with E-state index in [-0.39, 0.29) is 0 Å². The third-order valence-electron chi connectivity index (χ3n) is 2.26. The Morgan fingerprint density at radius 2 is 2.00 bits per heavy atom. The van der Waals surface area contributed by atoms with Crippen LogP contribution in [0.4, 0.5) is 10.3 Å². The molecule has 0 radical (unpaired) electrons. The minimum absolute atomic E-state index is 0.392. The van der Waals surface area contributed by atoms with Crippen molar-refractivity contribution in [1.82, 2.24) is 15.3 Å². The summed E-state index contributed by atoms with van der Waals surface area (Å²) in [7, 11) is 0. The van der Waals surface area contributed by atoms with Crippen LogP contribution in [0.15, 0.2) is 12.4 Å². The molecule has 0 saturated carbocycles. The molecule has 16 heavy (non-hydrogen) atoms. The molecule has 90 valence electrons. The Hall–Kier alpha value is -1.23. The highest BCUT2D eigenvalue weighted by Crippen LogP contribution is 2.09. The van der Waals surface area contributed by atoms with Gasteiger partial charge in [0.05, 0.1) is 12.4 Å². The molecule has 4 nitrogen and oxygen atoms in total. The highest BCUT2D eigenvalue weighted by atomic mass is 19.1. The molecule has 1 N–H and O–H groups in total. The van der Waals surface area contributed by atoms with E-state index in [2.05, 4.69) is 27.1 Å². The van der Waals surface area contributed by atoms with Gasteiger partial charge in [-0.25, -0.2) is 14.4 Å². The number of rotatable bonds is 1. The van der Waals surface area contributed by atoms with Crippen LogP contribution in [0.3, 0.4) is 0 Å². The Kier molecular flexibility index (Phi) is 5.11. The Bertz CT molecular complexity index is 301. The fourth-order valence-electron chi connectivity index (χ4n) is 1.58. The van der Waals surface area contributed by atoms with Crippen molar-refractivity contribution < 1.29 is 4.39 Å². The summed E-state index contributed by atoms with van der Waals surface area (Å²) < 4.78 is 12.6. The van der Waals surface area contributed by atoms with Gasteiger partial charge in [0.15, 0.2) is 5.82 Å². The number of hydrogen-bond donors (Lipinski definition) is 1. The Morgan fingerprint density at radius 1 is 1.38 bits per heavy atom. The van der Waals surface area contributed by atoms with Crippen molar-refractivity contribution in [2.75, 3.05) is 24.5 Å². The van der Waals surface area contributed by atoms with Crippen LogP contribution in [0, 0.1) is 5.82 Å². The van der Waals surface area contributed by atoms with Crippen molar-refractivity contribution in [1.29, 1.82) is 0 Å². The molecular formula is C11H19FN4. The van der Waals surface area contributed by atoms with E-state index in [9.17, 15) is 4.39 Å². The first kappa shape index (κ1) is 12.8. The van der Waals surface area contributed by atoms with Gasteiger partial charge >= 0.3 is 0 Å². The Morgan fingerprint density at radius 3 is 2.56 bits per heavy atom. The monoisotopic (exact) mass is 226 g/mol. The average Bonchev–Trinajstić information content (AvgIpc) is 2.32. The smallest absolute Gasteiger partial charge is 0.225 e. The molecule has 1 aliphatic rings. The van der Waals surface area contributed by atoms with Crippen molar-refractivity contribution in [3.05, 3.63) is 18.2 Å². The second kappa shape index (κ2) is 6.37. The largest absolute Gasteiger partial charge is 0.338 e. The molecular weight excluding hydrogens is 207 g/mol. The van der Waals surface area contributed by atoms with Crippen molar-refractivity contribution in [3.63, 3.8) is 0 Å². The summed E-state index contributed by atoms with van der Waals surface area (Å²) in [5, 5.41) is 3.32. The summed E-state index contributed by atoms with van der Waals surface area (Å²) in [5.41, 5.74) is 0. The predicted molar refractivity (Wildman–Crippen MR) is 63.0 cm³/mol. The van der Waals surface area contributed by atoms with Crippen LogP contribution in [0.25, 0.3) is 0 Å². The third-order valence-corrected chi connectivity index (χ3v) is 2.26. The molecule has 0 amide bonds. The van der Waals surface area contributed by atoms with Gasteiger partial charge < -0.3 is 10.2 Å². The van der Waals surface area contributed by atoms with Crippen LogP contribution in [0.1, 0.15) is 20.8 Å². The molecule has 0 bridgehead atoms. The number of piperazine rings is 1. The van der Waals surface area contributed by atoms with Crippen LogP contribution >= 0.6 is 0 Å².